The fraction of sp³-hybridized carbons (Fsp3) is 0.444. The average Bonchev–Trinajstić information content (AvgIpc) is 2.88. The Morgan fingerprint density at radius 3 is 2.87 bits per heavy atom. The SMILES string of the molecule is O=C(O)N1CCCC1C(=O)n1ccnc1. The van der Waals surface area contributed by atoms with Crippen molar-refractivity contribution in [2.75, 3.05) is 6.54 Å². The summed E-state index contributed by atoms with van der Waals surface area (Å²) in [6.07, 6.45) is 4.70. The van der Waals surface area contributed by atoms with E-state index in [0.29, 0.717) is 13.0 Å². The summed E-state index contributed by atoms with van der Waals surface area (Å²) in [4.78, 5) is 27.6. The molecule has 1 atom stereocenters. The highest BCUT2D eigenvalue weighted by atomic mass is 16.4. The van der Waals surface area contributed by atoms with Crippen LogP contribution in [0.3, 0.4) is 0 Å². The van der Waals surface area contributed by atoms with E-state index in [1.165, 1.54) is 28.2 Å². The topological polar surface area (TPSA) is 75.4 Å². The number of carboxylic acid groups (broad SMARTS) is 1. The Labute approximate surface area is 86.1 Å². The predicted octanol–water partition coefficient (Wildman–Crippen LogP) is 0.666. The number of hydrogen-bond donors (Lipinski definition) is 1. The fourth-order valence-corrected chi connectivity index (χ4v) is 1.81. The molecule has 2 rings (SSSR count). The van der Waals surface area contributed by atoms with Gasteiger partial charge in [-0.2, -0.15) is 0 Å². The predicted molar refractivity (Wildman–Crippen MR) is 50.6 cm³/mol. The van der Waals surface area contributed by atoms with Gasteiger partial charge in [-0.25, -0.2) is 9.78 Å². The van der Waals surface area contributed by atoms with Crippen LogP contribution in [0.25, 0.3) is 0 Å². The lowest BCUT2D eigenvalue weighted by molar-refractivity contribution is 0.0762. The normalized spacial score (nSPS) is 20.5. The van der Waals surface area contributed by atoms with Crippen molar-refractivity contribution in [3.05, 3.63) is 18.7 Å². The molecule has 1 aromatic heterocycles. The van der Waals surface area contributed by atoms with Gasteiger partial charge >= 0.3 is 6.09 Å². The number of likely N-dealkylation sites (tertiary alicyclic amines) is 1. The molecule has 1 aromatic rings. The van der Waals surface area contributed by atoms with Crippen molar-refractivity contribution in [2.24, 2.45) is 0 Å². The van der Waals surface area contributed by atoms with Gasteiger partial charge in [0.1, 0.15) is 12.4 Å². The van der Waals surface area contributed by atoms with Crippen LogP contribution in [-0.4, -0.2) is 44.1 Å². The minimum absolute atomic E-state index is 0.229. The van der Waals surface area contributed by atoms with Gasteiger partial charge in [-0.05, 0) is 12.8 Å². The van der Waals surface area contributed by atoms with Crippen molar-refractivity contribution >= 4 is 12.0 Å². The third-order valence-corrected chi connectivity index (χ3v) is 2.54. The molecular weight excluding hydrogens is 198 g/mol. The highest BCUT2D eigenvalue weighted by Crippen LogP contribution is 2.18. The minimum atomic E-state index is -1.04. The molecule has 1 aliphatic heterocycles. The van der Waals surface area contributed by atoms with Gasteiger partial charge in [-0.1, -0.05) is 0 Å². The Bertz CT molecular complexity index is 374. The Balaban J connectivity index is 2.17. The number of hydrogen-bond acceptors (Lipinski definition) is 3. The molecule has 0 bridgehead atoms. The number of nitrogens with zero attached hydrogens (tertiary/aromatic N) is 3. The molecule has 0 radical (unpaired) electrons. The molecule has 1 fully saturated rings. The first-order valence-corrected chi connectivity index (χ1v) is 4.72. The number of amides is 1. The van der Waals surface area contributed by atoms with Crippen LogP contribution in [0, 0.1) is 0 Å². The summed E-state index contributed by atoms with van der Waals surface area (Å²) in [5, 5.41) is 8.88. The molecule has 1 saturated heterocycles. The molecule has 1 amide bonds. The third-order valence-electron chi connectivity index (χ3n) is 2.54. The Hall–Kier alpha value is -1.85. The van der Waals surface area contributed by atoms with E-state index in [1.807, 2.05) is 0 Å². The van der Waals surface area contributed by atoms with Gasteiger partial charge in [-0.3, -0.25) is 14.3 Å². The smallest absolute Gasteiger partial charge is 0.407 e. The average molecular weight is 209 g/mol. The Morgan fingerprint density at radius 1 is 1.47 bits per heavy atom. The first-order chi connectivity index (χ1) is 7.20. The molecule has 0 saturated carbocycles. The van der Waals surface area contributed by atoms with Crippen LogP contribution >= 0.6 is 0 Å². The van der Waals surface area contributed by atoms with Crippen molar-refractivity contribution in [3.63, 3.8) is 0 Å². The molecule has 15 heavy (non-hydrogen) atoms. The van der Waals surface area contributed by atoms with Crippen molar-refractivity contribution in [2.45, 2.75) is 18.9 Å². The maximum absolute atomic E-state index is 11.8. The van der Waals surface area contributed by atoms with E-state index >= 15 is 0 Å². The van der Waals surface area contributed by atoms with Gasteiger partial charge in [0.05, 0.1) is 0 Å². The summed E-state index contributed by atoms with van der Waals surface area (Å²) in [7, 11) is 0. The number of carbonyl (C=O) groups is 2. The van der Waals surface area contributed by atoms with Crippen molar-refractivity contribution in [1.29, 1.82) is 0 Å². The van der Waals surface area contributed by atoms with Gasteiger partial charge < -0.3 is 5.11 Å². The van der Waals surface area contributed by atoms with E-state index in [9.17, 15) is 9.59 Å². The number of rotatable bonds is 1. The number of carbonyl (C=O) groups excluding carboxylic acids is 1. The van der Waals surface area contributed by atoms with Crippen LogP contribution in [-0.2, 0) is 0 Å². The van der Waals surface area contributed by atoms with E-state index in [2.05, 4.69) is 4.98 Å². The van der Waals surface area contributed by atoms with Crippen LogP contribution in [0.4, 0.5) is 4.79 Å². The Kier molecular flexibility index (Phi) is 2.40. The molecule has 1 unspecified atom stereocenters. The van der Waals surface area contributed by atoms with Gasteiger partial charge in [0.25, 0.3) is 5.91 Å². The van der Waals surface area contributed by atoms with E-state index in [-0.39, 0.29) is 5.91 Å². The monoisotopic (exact) mass is 209 g/mol. The summed E-state index contributed by atoms with van der Waals surface area (Å²) < 4.78 is 1.33. The second-order valence-corrected chi connectivity index (χ2v) is 3.44. The van der Waals surface area contributed by atoms with Crippen LogP contribution < -0.4 is 0 Å². The third kappa shape index (κ3) is 1.70. The summed E-state index contributed by atoms with van der Waals surface area (Å²) in [5.41, 5.74) is 0. The van der Waals surface area contributed by atoms with E-state index in [0.717, 1.165) is 6.42 Å². The molecule has 0 aliphatic carbocycles. The minimum Gasteiger partial charge on any atom is -0.465 e. The highest BCUT2D eigenvalue weighted by molar-refractivity contribution is 5.87. The number of aromatic nitrogens is 2. The van der Waals surface area contributed by atoms with Crippen LogP contribution in [0.2, 0.25) is 0 Å². The van der Waals surface area contributed by atoms with Gasteiger partial charge in [-0.15, -0.1) is 0 Å². The summed E-state index contributed by atoms with van der Waals surface area (Å²) in [6, 6.07) is -0.559. The standard InChI is InChI=1S/C9H11N3O3/c13-8(11-5-3-10-6-11)7-2-1-4-12(7)9(14)15/h3,5-7H,1-2,4H2,(H,14,15). The molecule has 1 N–H and O–H groups in total. The van der Waals surface area contributed by atoms with Gasteiger partial charge in [0.15, 0.2) is 0 Å². The Morgan fingerprint density at radius 2 is 2.27 bits per heavy atom. The van der Waals surface area contributed by atoms with E-state index < -0.39 is 12.1 Å². The van der Waals surface area contributed by atoms with Crippen LogP contribution in [0.15, 0.2) is 18.7 Å². The number of imidazole rings is 1. The molecule has 0 spiro atoms. The lowest BCUT2D eigenvalue weighted by atomic mass is 10.2. The molecular formula is C9H11N3O3. The first kappa shape index (κ1) is 9.70. The summed E-state index contributed by atoms with van der Waals surface area (Å²) >= 11 is 0. The van der Waals surface area contributed by atoms with Crippen molar-refractivity contribution in [1.82, 2.24) is 14.5 Å². The van der Waals surface area contributed by atoms with E-state index in [1.54, 1.807) is 0 Å². The van der Waals surface area contributed by atoms with Crippen LogP contribution in [0.5, 0.6) is 0 Å². The van der Waals surface area contributed by atoms with Crippen molar-refractivity contribution in [3.8, 4) is 0 Å². The van der Waals surface area contributed by atoms with E-state index in [4.69, 9.17) is 5.11 Å². The summed E-state index contributed by atoms with van der Waals surface area (Å²) in [5.74, 6) is -0.229. The highest BCUT2D eigenvalue weighted by Gasteiger charge is 2.34. The zero-order valence-corrected chi connectivity index (χ0v) is 8.04. The lowest BCUT2D eigenvalue weighted by Crippen LogP contribution is -2.41. The maximum Gasteiger partial charge on any atom is 0.407 e. The molecule has 2 heterocycles. The largest absolute Gasteiger partial charge is 0.465 e. The quantitative estimate of drug-likeness (QED) is 0.737. The second-order valence-electron chi connectivity index (χ2n) is 3.44. The molecule has 80 valence electrons. The summed E-state index contributed by atoms with van der Waals surface area (Å²) in [6.45, 7) is 0.431. The second kappa shape index (κ2) is 3.72. The fourth-order valence-electron chi connectivity index (χ4n) is 1.81. The first-order valence-electron chi connectivity index (χ1n) is 4.72. The maximum atomic E-state index is 11.8. The van der Waals surface area contributed by atoms with Gasteiger partial charge in [0.2, 0.25) is 0 Å². The molecule has 6 nitrogen and oxygen atoms in total. The lowest BCUT2D eigenvalue weighted by Gasteiger charge is -2.19. The van der Waals surface area contributed by atoms with Gasteiger partial charge in [0, 0.05) is 18.9 Å². The molecule has 1 aliphatic rings. The zero-order valence-electron chi connectivity index (χ0n) is 8.04. The molecule has 0 aromatic carbocycles. The molecule has 6 heteroatoms. The van der Waals surface area contributed by atoms with Crippen LogP contribution in [0.1, 0.15) is 17.6 Å². The zero-order chi connectivity index (χ0) is 10.8. The van der Waals surface area contributed by atoms with Crippen molar-refractivity contribution < 1.29 is 14.7 Å².